The van der Waals surface area contributed by atoms with Crippen molar-refractivity contribution in [2.45, 2.75) is 13.8 Å². The van der Waals surface area contributed by atoms with Crippen molar-refractivity contribution >= 4 is 21.7 Å². The molecule has 0 aliphatic rings. The van der Waals surface area contributed by atoms with Crippen molar-refractivity contribution in [1.29, 1.82) is 0 Å². The van der Waals surface area contributed by atoms with Gasteiger partial charge in [0.05, 0.1) is 0 Å². The van der Waals surface area contributed by atoms with E-state index in [0.717, 1.165) is 25.4 Å². The summed E-state index contributed by atoms with van der Waals surface area (Å²) in [6.07, 6.45) is 0. The van der Waals surface area contributed by atoms with E-state index in [9.17, 15) is 0 Å². The lowest BCUT2D eigenvalue weighted by molar-refractivity contribution is 0.324. The van der Waals surface area contributed by atoms with E-state index in [1.54, 1.807) is 0 Å². The van der Waals surface area contributed by atoms with Crippen LogP contribution in [0.25, 0.3) is 0 Å². The fourth-order valence-electron chi connectivity index (χ4n) is 0.703. The fraction of sp³-hybridized carbons (Fsp3) is 1.00. The molecular formula is C6H14ClNS. The van der Waals surface area contributed by atoms with Crippen LogP contribution in [0.15, 0.2) is 0 Å². The van der Waals surface area contributed by atoms with Crippen LogP contribution in [0.2, 0.25) is 0 Å². The third-order valence-electron chi connectivity index (χ3n) is 1.38. The van der Waals surface area contributed by atoms with Crippen LogP contribution in [-0.2, 0) is 0 Å². The summed E-state index contributed by atoms with van der Waals surface area (Å²) in [6, 6.07) is 0. The zero-order valence-corrected chi connectivity index (χ0v) is 7.63. The summed E-state index contributed by atoms with van der Waals surface area (Å²) in [5.41, 5.74) is 0. The van der Waals surface area contributed by atoms with Gasteiger partial charge in [-0.05, 0) is 23.8 Å². The summed E-state index contributed by atoms with van der Waals surface area (Å²) >= 11 is 0. The highest BCUT2D eigenvalue weighted by atomic mass is 35.7. The second-order valence-corrected chi connectivity index (χ2v) is 3.12. The Labute approximate surface area is 66.3 Å². The van der Waals surface area contributed by atoms with Crippen LogP contribution in [0.4, 0.5) is 0 Å². The predicted molar refractivity (Wildman–Crippen MR) is 46.1 cm³/mol. The highest BCUT2D eigenvalue weighted by Crippen LogP contribution is 2.04. The molecule has 0 radical (unpaired) electrons. The average molecular weight is 168 g/mol. The van der Waals surface area contributed by atoms with Gasteiger partial charge in [-0.15, -0.1) is 0 Å². The van der Waals surface area contributed by atoms with Gasteiger partial charge in [0.25, 0.3) is 0 Å². The maximum Gasteiger partial charge on any atom is 0.0213 e. The number of hydrogen-bond acceptors (Lipinski definition) is 2. The lowest BCUT2D eigenvalue weighted by atomic mass is 10.5. The van der Waals surface area contributed by atoms with Crippen LogP contribution < -0.4 is 0 Å². The molecule has 0 bridgehead atoms. The van der Waals surface area contributed by atoms with Crippen LogP contribution >= 0.6 is 21.7 Å². The average Bonchev–Trinajstić information content (AvgIpc) is 1.91. The predicted octanol–water partition coefficient (Wildman–Crippen LogP) is 2.22. The van der Waals surface area contributed by atoms with Crippen LogP contribution in [-0.4, -0.2) is 30.3 Å². The Morgan fingerprint density at radius 2 is 1.89 bits per heavy atom. The van der Waals surface area contributed by atoms with E-state index >= 15 is 0 Å². The molecule has 0 unspecified atom stereocenters. The van der Waals surface area contributed by atoms with Crippen LogP contribution in [0.3, 0.4) is 0 Å². The quantitative estimate of drug-likeness (QED) is 0.618. The Morgan fingerprint density at radius 1 is 1.33 bits per heavy atom. The normalized spacial score (nSPS) is 10.7. The second kappa shape index (κ2) is 6.72. The molecule has 9 heavy (non-hydrogen) atoms. The third-order valence-corrected chi connectivity index (χ3v) is 2.18. The van der Waals surface area contributed by atoms with Gasteiger partial charge in [0.15, 0.2) is 0 Å². The minimum atomic E-state index is 1.03. The van der Waals surface area contributed by atoms with Gasteiger partial charge in [-0.1, -0.05) is 24.8 Å². The minimum Gasteiger partial charge on any atom is -0.303 e. The molecule has 0 aliphatic carbocycles. The van der Waals surface area contributed by atoms with E-state index in [1.165, 1.54) is 11.0 Å². The van der Waals surface area contributed by atoms with E-state index in [2.05, 4.69) is 18.7 Å². The SMILES string of the molecule is CCN(CC)CCSCl. The smallest absolute Gasteiger partial charge is 0.0213 e. The Kier molecular flexibility index (Phi) is 7.16. The van der Waals surface area contributed by atoms with Gasteiger partial charge < -0.3 is 4.90 Å². The summed E-state index contributed by atoms with van der Waals surface area (Å²) < 4.78 is 0. The van der Waals surface area contributed by atoms with Gasteiger partial charge in [0.2, 0.25) is 0 Å². The van der Waals surface area contributed by atoms with Crippen molar-refractivity contribution in [2.24, 2.45) is 0 Å². The van der Waals surface area contributed by atoms with Crippen LogP contribution in [0, 0.1) is 0 Å². The van der Waals surface area contributed by atoms with E-state index in [1.807, 2.05) is 0 Å². The van der Waals surface area contributed by atoms with E-state index in [0.29, 0.717) is 0 Å². The van der Waals surface area contributed by atoms with E-state index < -0.39 is 0 Å². The molecule has 0 N–H and O–H groups in total. The van der Waals surface area contributed by atoms with Crippen molar-refractivity contribution in [3.8, 4) is 0 Å². The molecule has 0 aromatic rings. The monoisotopic (exact) mass is 167 g/mol. The summed E-state index contributed by atoms with van der Waals surface area (Å²) in [5, 5.41) is 0. The maximum absolute atomic E-state index is 5.45. The number of halogens is 1. The Bertz CT molecular complexity index is 57.0. The van der Waals surface area contributed by atoms with Crippen molar-refractivity contribution in [1.82, 2.24) is 4.90 Å². The first kappa shape index (κ1) is 9.60. The van der Waals surface area contributed by atoms with Gasteiger partial charge >= 0.3 is 0 Å². The Balaban J connectivity index is 3.09. The summed E-state index contributed by atoms with van der Waals surface area (Å²) in [5.74, 6) is 1.03. The number of nitrogens with zero attached hydrogens (tertiary/aromatic N) is 1. The lowest BCUT2D eigenvalue weighted by Crippen LogP contribution is -2.25. The first-order valence-corrected chi connectivity index (χ1v) is 5.12. The van der Waals surface area contributed by atoms with Crippen LogP contribution in [0.1, 0.15) is 13.8 Å². The van der Waals surface area contributed by atoms with Gasteiger partial charge in [0.1, 0.15) is 0 Å². The summed E-state index contributed by atoms with van der Waals surface area (Å²) in [4.78, 5) is 2.36. The topological polar surface area (TPSA) is 3.24 Å². The molecular weight excluding hydrogens is 154 g/mol. The molecule has 0 atom stereocenters. The largest absolute Gasteiger partial charge is 0.303 e. The highest BCUT2D eigenvalue weighted by Gasteiger charge is 1.95. The van der Waals surface area contributed by atoms with Crippen molar-refractivity contribution in [3.05, 3.63) is 0 Å². The van der Waals surface area contributed by atoms with Crippen molar-refractivity contribution in [2.75, 3.05) is 25.4 Å². The molecule has 0 spiro atoms. The second-order valence-electron chi connectivity index (χ2n) is 1.84. The molecule has 0 saturated heterocycles. The molecule has 0 saturated carbocycles. The Hall–Kier alpha value is 0.600. The van der Waals surface area contributed by atoms with E-state index in [-0.39, 0.29) is 0 Å². The zero-order valence-electron chi connectivity index (χ0n) is 6.06. The number of hydrogen-bond donors (Lipinski definition) is 0. The molecule has 0 heterocycles. The summed E-state index contributed by atoms with van der Waals surface area (Å²) in [6.45, 7) is 7.72. The van der Waals surface area contributed by atoms with Gasteiger partial charge in [-0.3, -0.25) is 0 Å². The fourth-order valence-corrected chi connectivity index (χ4v) is 1.24. The zero-order chi connectivity index (χ0) is 7.11. The molecule has 0 fully saturated rings. The minimum absolute atomic E-state index is 1.03. The lowest BCUT2D eigenvalue weighted by Gasteiger charge is -2.15. The molecule has 3 heteroatoms. The third kappa shape index (κ3) is 5.07. The molecule has 0 aromatic carbocycles. The van der Waals surface area contributed by atoms with E-state index in [4.69, 9.17) is 10.7 Å². The molecule has 0 amide bonds. The Morgan fingerprint density at radius 3 is 2.22 bits per heavy atom. The maximum atomic E-state index is 5.45. The molecule has 0 aromatic heterocycles. The molecule has 1 nitrogen and oxygen atoms in total. The molecule has 0 aliphatic heterocycles. The number of rotatable bonds is 5. The van der Waals surface area contributed by atoms with Gasteiger partial charge in [0, 0.05) is 12.3 Å². The van der Waals surface area contributed by atoms with Crippen molar-refractivity contribution in [3.63, 3.8) is 0 Å². The van der Waals surface area contributed by atoms with Crippen LogP contribution in [0.5, 0.6) is 0 Å². The molecule has 56 valence electrons. The van der Waals surface area contributed by atoms with Crippen molar-refractivity contribution < 1.29 is 0 Å². The first-order valence-electron chi connectivity index (χ1n) is 3.31. The highest BCUT2D eigenvalue weighted by molar-refractivity contribution is 8.21. The summed E-state index contributed by atoms with van der Waals surface area (Å²) in [7, 11) is 6.84. The standard InChI is InChI=1S/C6H14ClNS/c1-3-8(4-2)5-6-9-7/h3-6H2,1-2H3. The molecule has 0 rings (SSSR count). The first-order chi connectivity index (χ1) is 4.35. The van der Waals surface area contributed by atoms with Gasteiger partial charge in [-0.2, -0.15) is 0 Å². The van der Waals surface area contributed by atoms with Gasteiger partial charge in [-0.25, -0.2) is 0 Å².